The van der Waals surface area contributed by atoms with Gasteiger partial charge in [0, 0.05) is 15.7 Å². The number of nitrogens with one attached hydrogen (secondary N) is 1. The molecule has 0 aliphatic carbocycles. The molecule has 2 aromatic carbocycles. The highest BCUT2D eigenvalue weighted by Gasteiger charge is 2.46. The van der Waals surface area contributed by atoms with Gasteiger partial charge in [-0.1, -0.05) is 52.3 Å². The summed E-state index contributed by atoms with van der Waals surface area (Å²) in [5.74, 6) is -0.897. The zero-order chi connectivity index (χ0) is 16.4. The van der Waals surface area contributed by atoms with Crippen LogP contribution in [0.2, 0.25) is 0 Å². The van der Waals surface area contributed by atoms with E-state index in [1.807, 2.05) is 30.3 Å². The van der Waals surface area contributed by atoms with Gasteiger partial charge in [-0.15, -0.1) is 0 Å². The van der Waals surface area contributed by atoms with Crippen LogP contribution in [-0.4, -0.2) is 16.8 Å². The van der Waals surface area contributed by atoms with Crippen LogP contribution in [0.5, 0.6) is 0 Å². The molecular formula is C18H14BrNO3. The van der Waals surface area contributed by atoms with Crippen molar-refractivity contribution in [3.63, 3.8) is 0 Å². The number of halogens is 1. The molecule has 0 fully saturated rings. The first-order chi connectivity index (χ1) is 11.0. The highest BCUT2D eigenvalue weighted by atomic mass is 79.9. The number of ketones is 1. The van der Waals surface area contributed by atoms with E-state index in [9.17, 15) is 14.7 Å². The second kappa shape index (κ2) is 6.10. The Bertz CT molecular complexity index is 801. The Hall–Kier alpha value is -2.24. The van der Waals surface area contributed by atoms with Crippen molar-refractivity contribution in [3.8, 4) is 0 Å². The summed E-state index contributed by atoms with van der Waals surface area (Å²) in [6.45, 7) is 0. The summed E-state index contributed by atoms with van der Waals surface area (Å²) in [4.78, 5) is 24.3. The van der Waals surface area contributed by atoms with Crippen LogP contribution in [0.1, 0.15) is 17.5 Å². The van der Waals surface area contributed by atoms with E-state index in [-0.39, 0.29) is 12.2 Å². The Morgan fingerprint density at radius 3 is 2.70 bits per heavy atom. The maximum absolute atomic E-state index is 12.2. The van der Waals surface area contributed by atoms with E-state index in [2.05, 4.69) is 21.2 Å². The Balaban J connectivity index is 1.82. The first-order valence-electron chi connectivity index (χ1n) is 7.09. The fourth-order valence-corrected chi connectivity index (χ4v) is 2.92. The average Bonchev–Trinajstić information content (AvgIpc) is 2.78. The number of rotatable bonds is 4. The van der Waals surface area contributed by atoms with Gasteiger partial charge in [0.05, 0.1) is 6.42 Å². The molecule has 116 valence electrons. The predicted octanol–water partition coefficient (Wildman–Crippen LogP) is 3.26. The molecule has 2 aromatic rings. The molecule has 4 nitrogen and oxygen atoms in total. The smallest absolute Gasteiger partial charge is 0.261 e. The normalized spacial score (nSPS) is 19.7. The van der Waals surface area contributed by atoms with E-state index >= 15 is 0 Å². The van der Waals surface area contributed by atoms with Crippen molar-refractivity contribution < 1.29 is 14.7 Å². The van der Waals surface area contributed by atoms with Crippen molar-refractivity contribution >= 4 is 39.4 Å². The molecule has 0 aromatic heterocycles. The number of hydrogen-bond acceptors (Lipinski definition) is 3. The highest BCUT2D eigenvalue weighted by molar-refractivity contribution is 9.10. The fraction of sp³-hybridized carbons (Fsp3) is 0.111. The Morgan fingerprint density at radius 1 is 1.22 bits per heavy atom. The standard InChI is InChI=1S/C18H14BrNO3/c19-13-7-9-16-15(10-13)18(23,17(22)20-16)11-14(21)8-6-12-4-2-1-3-5-12/h1-10,23H,11H2,(H,20,22)/b8-6-. The lowest BCUT2D eigenvalue weighted by molar-refractivity contribution is -0.138. The van der Waals surface area contributed by atoms with Gasteiger partial charge in [-0.25, -0.2) is 0 Å². The maximum Gasteiger partial charge on any atom is 0.261 e. The summed E-state index contributed by atoms with van der Waals surface area (Å²) in [6.07, 6.45) is 2.75. The van der Waals surface area contributed by atoms with Crippen LogP contribution >= 0.6 is 15.9 Å². The molecule has 23 heavy (non-hydrogen) atoms. The Labute approximate surface area is 142 Å². The largest absolute Gasteiger partial charge is 0.375 e. The van der Waals surface area contributed by atoms with Gasteiger partial charge < -0.3 is 10.4 Å². The first-order valence-corrected chi connectivity index (χ1v) is 7.88. The summed E-state index contributed by atoms with van der Waals surface area (Å²) >= 11 is 3.31. The molecule has 0 radical (unpaired) electrons. The minimum absolute atomic E-state index is 0.300. The second-order valence-corrected chi connectivity index (χ2v) is 6.31. The lowest BCUT2D eigenvalue weighted by Crippen LogP contribution is -2.36. The van der Waals surface area contributed by atoms with E-state index < -0.39 is 11.5 Å². The van der Waals surface area contributed by atoms with Crippen LogP contribution < -0.4 is 5.32 Å². The molecule has 1 atom stereocenters. The molecule has 0 saturated carbocycles. The number of hydrogen-bond donors (Lipinski definition) is 2. The van der Waals surface area contributed by atoms with Crippen LogP contribution in [-0.2, 0) is 15.2 Å². The molecule has 0 bridgehead atoms. The number of allylic oxidation sites excluding steroid dienone is 1. The highest BCUT2D eigenvalue weighted by Crippen LogP contribution is 2.39. The van der Waals surface area contributed by atoms with Gasteiger partial charge in [0.2, 0.25) is 0 Å². The summed E-state index contributed by atoms with van der Waals surface area (Å²) in [7, 11) is 0. The molecule has 1 amide bonds. The maximum atomic E-state index is 12.2. The van der Waals surface area contributed by atoms with Gasteiger partial charge in [0.15, 0.2) is 11.4 Å². The van der Waals surface area contributed by atoms with Gasteiger partial charge in [-0.05, 0) is 29.8 Å². The Morgan fingerprint density at radius 2 is 1.96 bits per heavy atom. The monoisotopic (exact) mass is 371 g/mol. The predicted molar refractivity (Wildman–Crippen MR) is 91.8 cm³/mol. The van der Waals surface area contributed by atoms with Gasteiger partial charge in [-0.3, -0.25) is 9.59 Å². The lowest BCUT2D eigenvalue weighted by Gasteiger charge is -2.19. The van der Waals surface area contributed by atoms with E-state index in [0.29, 0.717) is 11.3 Å². The molecule has 2 N–H and O–H groups in total. The van der Waals surface area contributed by atoms with Crippen molar-refractivity contribution in [2.24, 2.45) is 0 Å². The first kappa shape index (κ1) is 15.6. The summed E-state index contributed by atoms with van der Waals surface area (Å²) < 4.78 is 0.735. The van der Waals surface area contributed by atoms with Gasteiger partial charge >= 0.3 is 0 Å². The topological polar surface area (TPSA) is 66.4 Å². The summed E-state index contributed by atoms with van der Waals surface area (Å²) in [5.41, 5.74) is -0.0113. The molecule has 5 heteroatoms. The van der Waals surface area contributed by atoms with Gasteiger partial charge in [0.1, 0.15) is 0 Å². The molecule has 3 rings (SSSR count). The molecule has 1 aliphatic rings. The minimum atomic E-state index is -1.84. The third kappa shape index (κ3) is 3.11. The zero-order valence-electron chi connectivity index (χ0n) is 12.1. The number of carbonyl (C=O) groups is 2. The van der Waals surface area contributed by atoms with E-state index in [4.69, 9.17) is 0 Å². The molecule has 1 heterocycles. The SMILES string of the molecule is O=C(/C=C\c1ccccc1)CC1(O)C(=O)Nc2ccc(Br)cc21. The number of fused-ring (bicyclic) bond motifs is 1. The summed E-state index contributed by atoms with van der Waals surface area (Å²) in [6, 6.07) is 14.5. The van der Waals surface area contributed by atoms with E-state index in [1.54, 1.807) is 24.3 Å². The van der Waals surface area contributed by atoms with Gasteiger partial charge in [-0.2, -0.15) is 0 Å². The van der Waals surface area contributed by atoms with Gasteiger partial charge in [0.25, 0.3) is 5.91 Å². The average molecular weight is 372 g/mol. The van der Waals surface area contributed by atoms with Crippen LogP contribution in [0, 0.1) is 0 Å². The van der Waals surface area contributed by atoms with Crippen LogP contribution in [0.25, 0.3) is 6.08 Å². The number of anilines is 1. The van der Waals surface area contributed by atoms with Crippen LogP contribution in [0.4, 0.5) is 5.69 Å². The fourth-order valence-electron chi connectivity index (χ4n) is 2.56. The quantitative estimate of drug-likeness (QED) is 0.810. The van der Waals surface area contributed by atoms with Crippen molar-refractivity contribution in [1.82, 2.24) is 0 Å². The third-order valence-corrected chi connectivity index (χ3v) is 4.24. The Kier molecular flexibility index (Phi) is 4.15. The minimum Gasteiger partial charge on any atom is -0.375 e. The molecule has 0 saturated heterocycles. The van der Waals surface area contributed by atoms with Crippen molar-refractivity contribution in [2.45, 2.75) is 12.0 Å². The zero-order valence-corrected chi connectivity index (χ0v) is 13.7. The third-order valence-electron chi connectivity index (χ3n) is 3.74. The van der Waals surface area contributed by atoms with Crippen molar-refractivity contribution in [2.75, 3.05) is 5.32 Å². The molecular weight excluding hydrogens is 358 g/mol. The van der Waals surface area contributed by atoms with E-state index in [1.165, 1.54) is 6.08 Å². The summed E-state index contributed by atoms with van der Waals surface area (Å²) in [5, 5.41) is 13.3. The number of carbonyl (C=O) groups excluding carboxylic acids is 2. The van der Waals surface area contributed by atoms with Crippen LogP contribution in [0.3, 0.4) is 0 Å². The van der Waals surface area contributed by atoms with Crippen LogP contribution in [0.15, 0.2) is 59.1 Å². The lowest BCUT2D eigenvalue weighted by atomic mass is 9.90. The molecule has 1 unspecified atom stereocenters. The van der Waals surface area contributed by atoms with Crippen molar-refractivity contribution in [1.29, 1.82) is 0 Å². The molecule has 0 spiro atoms. The van der Waals surface area contributed by atoms with E-state index in [0.717, 1.165) is 10.0 Å². The van der Waals surface area contributed by atoms with Crippen molar-refractivity contribution in [3.05, 3.63) is 70.2 Å². The number of aliphatic hydroxyl groups is 1. The second-order valence-electron chi connectivity index (χ2n) is 5.39. The number of amides is 1. The molecule has 1 aliphatic heterocycles. The number of benzene rings is 2.